The number of ether oxygens (including phenoxy) is 1. The molecule has 1 heterocycles. The minimum atomic E-state index is -1.08. The van der Waals surface area contributed by atoms with E-state index in [9.17, 15) is 9.59 Å². The molecule has 7 heteroatoms. The Morgan fingerprint density at radius 2 is 2.00 bits per heavy atom. The molecule has 0 aliphatic carbocycles. The lowest BCUT2D eigenvalue weighted by atomic mass is 10.1. The zero-order valence-electron chi connectivity index (χ0n) is 13.2. The number of nitrogens with zero attached hydrogens (tertiary/aromatic N) is 2. The van der Waals surface area contributed by atoms with Gasteiger partial charge >= 0.3 is 5.97 Å². The van der Waals surface area contributed by atoms with Gasteiger partial charge in [-0.1, -0.05) is 6.92 Å². The van der Waals surface area contributed by atoms with Crippen molar-refractivity contribution in [2.24, 2.45) is 0 Å². The van der Waals surface area contributed by atoms with E-state index in [4.69, 9.17) is 9.84 Å². The van der Waals surface area contributed by atoms with Gasteiger partial charge in [0.2, 0.25) is 0 Å². The lowest BCUT2D eigenvalue weighted by Gasteiger charge is -2.11. The Bertz CT molecular complexity index is 707. The molecule has 2 N–H and O–H groups in total. The Morgan fingerprint density at radius 1 is 1.35 bits per heavy atom. The summed E-state index contributed by atoms with van der Waals surface area (Å²) >= 11 is 0. The normalized spacial score (nSPS) is 11.8. The first kappa shape index (κ1) is 16.5. The van der Waals surface area contributed by atoms with Crippen LogP contribution in [-0.2, 0) is 11.2 Å². The van der Waals surface area contributed by atoms with E-state index in [2.05, 4.69) is 10.4 Å². The Kier molecular flexibility index (Phi) is 5.00. The number of carboxylic acid groups (broad SMARTS) is 1. The fourth-order valence-electron chi connectivity index (χ4n) is 2.19. The molecule has 0 aliphatic heterocycles. The molecule has 0 fully saturated rings. The predicted molar refractivity (Wildman–Crippen MR) is 84.1 cm³/mol. The Balaban J connectivity index is 2.31. The van der Waals surface area contributed by atoms with Crippen LogP contribution in [0.2, 0.25) is 0 Å². The molecule has 0 unspecified atom stereocenters. The second-order valence-corrected chi connectivity index (χ2v) is 5.00. The molecule has 2 rings (SSSR count). The Labute approximate surface area is 133 Å². The molecule has 0 radical (unpaired) electrons. The van der Waals surface area contributed by atoms with E-state index in [0.717, 1.165) is 11.4 Å². The Hall–Kier alpha value is -2.83. The number of hydrogen-bond donors (Lipinski definition) is 2. The van der Waals surface area contributed by atoms with Crippen LogP contribution in [0.15, 0.2) is 30.5 Å². The average Bonchev–Trinajstić information content (AvgIpc) is 2.98. The summed E-state index contributed by atoms with van der Waals surface area (Å²) in [5.41, 5.74) is 1.88. The standard InChI is InChI=1S/C16H19N3O4/c1-4-14-13(15(20)18-10(2)16(21)22)9-17-19(14)11-5-7-12(23-3)8-6-11/h5-10H,4H2,1-3H3,(H,18,20)(H,21,22)/t10-/m1/s1. The summed E-state index contributed by atoms with van der Waals surface area (Å²) in [6, 6.07) is 6.33. The number of hydrogen-bond acceptors (Lipinski definition) is 4. The third kappa shape index (κ3) is 3.50. The summed E-state index contributed by atoms with van der Waals surface area (Å²) in [4.78, 5) is 23.1. The minimum absolute atomic E-state index is 0.372. The SMILES string of the molecule is CCc1c(C(=O)N[C@H](C)C(=O)O)cnn1-c1ccc(OC)cc1. The van der Waals surface area contributed by atoms with Gasteiger partial charge in [-0.3, -0.25) is 9.59 Å². The maximum absolute atomic E-state index is 12.2. The lowest BCUT2D eigenvalue weighted by molar-refractivity contribution is -0.138. The van der Waals surface area contributed by atoms with Gasteiger partial charge in [-0.05, 0) is 37.6 Å². The largest absolute Gasteiger partial charge is 0.497 e. The number of methoxy groups -OCH3 is 1. The second-order valence-electron chi connectivity index (χ2n) is 5.00. The van der Waals surface area contributed by atoms with Crippen molar-refractivity contribution in [2.75, 3.05) is 7.11 Å². The van der Waals surface area contributed by atoms with Crippen molar-refractivity contribution in [1.29, 1.82) is 0 Å². The van der Waals surface area contributed by atoms with E-state index in [1.54, 1.807) is 11.8 Å². The van der Waals surface area contributed by atoms with Gasteiger partial charge in [0.15, 0.2) is 0 Å². The molecule has 0 spiro atoms. The molecule has 0 bridgehead atoms. The van der Waals surface area contributed by atoms with Crippen LogP contribution in [0.3, 0.4) is 0 Å². The van der Waals surface area contributed by atoms with E-state index in [0.29, 0.717) is 17.7 Å². The molecule has 1 aromatic carbocycles. The molecule has 23 heavy (non-hydrogen) atoms. The van der Waals surface area contributed by atoms with E-state index in [-0.39, 0.29) is 0 Å². The summed E-state index contributed by atoms with van der Waals surface area (Å²) in [6.07, 6.45) is 2.03. The first-order valence-electron chi connectivity index (χ1n) is 7.23. The monoisotopic (exact) mass is 317 g/mol. The van der Waals surface area contributed by atoms with Crippen LogP contribution >= 0.6 is 0 Å². The highest BCUT2D eigenvalue weighted by Crippen LogP contribution is 2.19. The summed E-state index contributed by atoms with van der Waals surface area (Å²) in [6.45, 7) is 3.33. The summed E-state index contributed by atoms with van der Waals surface area (Å²) in [5, 5.41) is 15.6. The molecular formula is C16H19N3O4. The number of rotatable bonds is 6. The minimum Gasteiger partial charge on any atom is -0.497 e. The molecule has 1 aromatic heterocycles. The van der Waals surface area contributed by atoms with Crippen molar-refractivity contribution < 1.29 is 19.4 Å². The number of aromatic nitrogens is 2. The number of aliphatic carboxylic acids is 1. The van der Waals surface area contributed by atoms with Gasteiger partial charge in [-0.15, -0.1) is 0 Å². The highest BCUT2D eigenvalue weighted by Gasteiger charge is 2.21. The molecule has 0 saturated carbocycles. The first-order valence-corrected chi connectivity index (χ1v) is 7.23. The third-order valence-electron chi connectivity index (χ3n) is 3.48. The van der Waals surface area contributed by atoms with E-state index in [1.165, 1.54) is 13.1 Å². The number of carboxylic acids is 1. The fraction of sp³-hybridized carbons (Fsp3) is 0.312. The highest BCUT2D eigenvalue weighted by atomic mass is 16.5. The zero-order valence-corrected chi connectivity index (χ0v) is 13.2. The summed E-state index contributed by atoms with van der Waals surface area (Å²) in [7, 11) is 1.59. The molecule has 0 aliphatic rings. The van der Waals surface area contributed by atoms with Crippen molar-refractivity contribution in [1.82, 2.24) is 15.1 Å². The van der Waals surface area contributed by atoms with Gasteiger partial charge < -0.3 is 15.2 Å². The number of carbonyl (C=O) groups excluding carboxylic acids is 1. The van der Waals surface area contributed by atoms with Crippen LogP contribution in [0.1, 0.15) is 29.9 Å². The molecule has 7 nitrogen and oxygen atoms in total. The van der Waals surface area contributed by atoms with Gasteiger partial charge in [0, 0.05) is 0 Å². The second kappa shape index (κ2) is 6.95. The molecule has 0 saturated heterocycles. The van der Waals surface area contributed by atoms with Crippen LogP contribution in [0, 0.1) is 0 Å². The summed E-state index contributed by atoms with van der Waals surface area (Å²) < 4.78 is 6.79. The van der Waals surface area contributed by atoms with Crippen molar-refractivity contribution in [3.05, 3.63) is 41.7 Å². The van der Waals surface area contributed by atoms with Gasteiger partial charge in [0.1, 0.15) is 11.8 Å². The number of amides is 1. The van der Waals surface area contributed by atoms with Crippen LogP contribution < -0.4 is 10.1 Å². The number of carbonyl (C=O) groups is 2. The quantitative estimate of drug-likeness (QED) is 0.845. The van der Waals surface area contributed by atoms with E-state index in [1.807, 2.05) is 31.2 Å². The van der Waals surface area contributed by atoms with Crippen LogP contribution in [-0.4, -0.2) is 39.9 Å². The predicted octanol–water partition coefficient (Wildman–Crippen LogP) is 1.65. The zero-order chi connectivity index (χ0) is 17.0. The van der Waals surface area contributed by atoms with Gasteiger partial charge in [-0.2, -0.15) is 5.10 Å². The number of benzene rings is 1. The molecule has 1 amide bonds. The molecule has 122 valence electrons. The maximum Gasteiger partial charge on any atom is 0.325 e. The molecule has 2 aromatic rings. The van der Waals surface area contributed by atoms with Gasteiger partial charge in [0.05, 0.1) is 30.3 Å². The van der Waals surface area contributed by atoms with Crippen LogP contribution in [0.4, 0.5) is 0 Å². The van der Waals surface area contributed by atoms with E-state index < -0.39 is 17.9 Å². The smallest absolute Gasteiger partial charge is 0.325 e. The van der Waals surface area contributed by atoms with Crippen molar-refractivity contribution in [3.63, 3.8) is 0 Å². The lowest BCUT2D eigenvalue weighted by Crippen LogP contribution is -2.38. The molecular weight excluding hydrogens is 298 g/mol. The van der Waals surface area contributed by atoms with E-state index >= 15 is 0 Å². The van der Waals surface area contributed by atoms with Gasteiger partial charge in [0.25, 0.3) is 5.91 Å². The molecule has 1 atom stereocenters. The van der Waals surface area contributed by atoms with Crippen LogP contribution in [0.5, 0.6) is 5.75 Å². The Morgan fingerprint density at radius 3 is 2.52 bits per heavy atom. The van der Waals surface area contributed by atoms with Crippen molar-refractivity contribution >= 4 is 11.9 Å². The van der Waals surface area contributed by atoms with Crippen molar-refractivity contribution in [3.8, 4) is 11.4 Å². The van der Waals surface area contributed by atoms with Crippen molar-refractivity contribution in [2.45, 2.75) is 26.3 Å². The maximum atomic E-state index is 12.2. The third-order valence-corrected chi connectivity index (χ3v) is 3.48. The number of nitrogens with one attached hydrogen (secondary N) is 1. The van der Waals surface area contributed by atoms with Gasteiger partial charge in [-0.25, -0.2) is 4.68 Å². The summed E-state index contributed by atoms with van der Waals surface area (Å²) in [5.74, 6) is -0.803. The average molecular weight is 317 g/mol. The fourth-order valence-corrected chi connectivity index (χ4v) is 2.19. The first-order chi connectivity index (χ1) is 11.0. The van der Waals surface area contributed by atoms with Crippen LogP contribution in [0.25, 0.3) is 5.69 Å². The topological polar surface area (TPSA) is 93.5 Å². The highest BCUT2D eigenvalue weighted by molar-refractivity contribution is 5.97.